The van der Waals surface area contributed by atoms with Gasteiger partial charge in [0, 0.05) is 19.4 Å². The third-order valence-electron chi connectivity index (χ3n) is 2.36. The number of halogens is 1. The molecule has 0 radical (unpaired) electrons. The van der Waals surface area contributed by atoms with Gasteiger partial charge in [0.25, 0.3) is 0 Å². The van der Waals surface area contributed by atoms with Crippen LogP contribution in [0, 0.1) is 0 Å². The Balaban J connectivity index is 2.18. The second-order valence-corrected chi connectivity index (χ2v) is 4.31. The second kappa shape index (κ2) is 4.71. The number of aryl methyl sites for hydroxylation is 1. The van der Waals surface area contributed by atoms with Crippen LogP contribution in [-0.2, 0) is 13.5 Å². The van der Waals surface area contributed by atoms with E-state index in [1.165, 1.54) is 0 Å². The maximum atomic E-state index is 6.11. The minimum absolute atomic E-state index is 0.140. The number of nitrogens with zero attached hydrogens (tertiary/aromatic N) is 4. The van der Waals surface area contributed by atoms with Crippen molar-refractivity contribution in [3.05, 3.63) is 40.4 Å². The number of pyridine rings is 1. The zero-order chi connectivity index (χ0) is 11.5. The standard InChI is InChI=1S/C10H12BrN5/c1-16-9(10(11)14-15-16)8(12)5-7-3-2-4-13-6-7/h2-4,6,8H,5,12H2,1H3. The third kappa shape index (κ3) is 2.28. The highest BCUT2D eigenvalue weighted by Crippen LogP contribution is 2.21. The maximum Gasteiger partial charge on any atom is 0.153 e. The molecule has 0 aliphatic rings. The van der Waals surface area contributed by atoms with E-state index in [-0.39, 0.29) is 6.04 Å². The zero-order valence-corrected chi connectivity index (χ0v) is 10.4. The van der Waals surface area contributed by atoms with Crippen LogP contribution >= 0.6 is 15.9 Å². The van der Waals surface area contributed by atoms with E-state index >= 15 is 0 Å². The monoisotopic (exact) mass is 281 g/mol. The van der Waals surface area contributed by atoms with Crippen LogP contribution in [0.25, 0.3) is 0 Å². The van der Waals surface area contributed by atoms with E-state index in [0.717, 1.165) is 11.3 Å². The molecule has 2 heterocycles. The van der Waals surface area contributed by atoms with Crippen molar-refractivity contribution in [2.75, 3.05) is 0 Å². The summed E-state index contributed by atoms with van der Waals surface area (Å²) in [5.74, 6) is 0. The van der Waals surface area contributed by atoms with Gasteiger partial charge in [-0.15, -0.1) is 5.10 Å². The number of hydrogen-bond acceptors (Lipinski definition) is 4. The van der Waals surface area contributed by atoms with Gasteiger partial charge >= 0.3 is 0 Å². The molecule has 0 amide bonds. The molecule has 2 aromatic heterocycles. The van der Waals surface area contributed by atoms with Gasteiger partial charge in [-0.3, -0.25) is 4.98 Å². The molecule has 0 saturated heterocycles. The van der Waals surface area contributed by atoms with Crippen LogP contribution in [0.2, 0.25) is 0 Å². The smallest absolute Gasteiger partial charge is 0.153 e. The molecule has 0 aliphatic carbocycles. The van der Waals surface area contributed by atoms with E-state index in [9.17, 15) is 0 Å². The van der Waals surface area contributed by atoms with Crippen molar-refractivity contribution in [1.82, 2.24) is 20.0 Å². The molecule has 0 fully saturated rings. The Morgan fingerprint density at radius 2 is 2.38 bits per heavy atom. The van der Waals surface area contributed by atoms with E-state index < -0.39 is 0 Å². The first-order chi connectivity index (χ1) is 7.68. The predicted octanol–water partition coefficient (Wildman–Crippen LogP) is 1.22. The highest BCUT2D eigenvalue weighted by atomic mass is 79.9. The van der Waals surface area contributed by atoms with Gasteiger partial charge in [0.2, 0.25) is 0 Å². The molecule has 2 rings (SSSR count). The van der Waals surface area contributed by atoms with Crippen LogP contribution in [-0.4, -0.2) is 20.0 Å². The summed E-state index contributed by atoms with van der Waals surface area (Å²) < 4.78 is 2.39. The average molecular weight is 282 g/mol. The van der Waals surface area contributed by atoms with Gasteiger partial charge in [-0.25, -0.2) is 4.68 Å². The van der Waals surface area contributed by atoms with Crippen LogP contribution in [0.4, 0.5) is 0 Å². The Morgan fingerprint density at radius 3 is 2.94 bits per heavy atom. The van der Waals surface area contributed by atoms with Gasteiger partial charge in [-0.1, -0.05) is 11.3 Å². The minimum Gasteiger partial charge on any atom is -0.322 e. The van der Waals surface area contributed by atoms with Gasteiger partial charge in [0.15, 0.2) is 4.60 Å². The lowest BCUT2D eigenvalue weighted by molar-refractivity contribution is 0.605. The molecular weight excluding hydrogens is 270 g/mol. The Morgan fingerprint density at radius 1 is 1.56 bits per heavy atom. The van der Waals surface area contributed by atoms with E-state index in [0.29, 0.717) is 11.0 Å². The number of hydrogen-bond donors (Lipinski definition) is 1. The summed E-state index contributed by atoms with van der Waals surface area (Å²) >= 11 is 3.34. The molecule has 0 bridgehead atoms. The Labute approximate surface area is 102 Å². The first-order valence-electron chi connectivity index (χ1n) is 4.88. The molecule has 2 aromatic rings. The van der Waals surface area contributed by atoms with Crippen LogP contribution in [0.5, 0.6) is 0 Å². The first kappa shape index (κ1) is 11.2. The molecule has 5 nitrogen and oxygen atoms in total. The average Bonchev–Trinajstić information content (AvgIpc) is 2.60. The van der Waals surface area contributed by atoms with Crippen molar-refractivity contribution in [1.29, 1.82) is 0 Å². The number of rotatable bonds is 3. The van der Waals surface area contributed by atoms with Crippen molar-refractivity contribution in [2.45, 2.75) is 12.5 Å². The lowest BCUT2D eigenvalue weighted by atomic mass is 10.1. The summed E-state index contributed by atoms with van der Waals surface area (Å²) in [6.45, 7) is 0. The quantitative estimate of drug-likeness (QED) is 0.918. The Hall–Kier alpha value is -1.27. The van der Waals surface area contributed by atoms with Crippen molar-refractivity contribution < 1.29 is 0 Å². The lowest BCUT2D eigenvalue weighted by Crippen LogP contribution is -2.17. The molecule has 6 heteroatoms. The number of nitrogens with two attached hydrogens (primary N) is 1. The maximum absolute atomic E-state index is 6.11. The van der Waals surface area contributed by atoms with Crippen LogP contribution in [0.15, 0.2) is 29.1 Å². The topological polar surface area (TPSA) is 69.6 Å². The van der Waals surface area contributed by atoms with Crippen molar-refractivity contribution in [3.8, 4) is 0 Å². The largest absolute Gasteiger partial charge is 0.322 e. The van der Waals surface area contributed by atoms with Crippen molar-refractivity contribution in [2.24, 2.45) is 12.8 Å². The second-order valence-electron chi connectivity index (χ2n) is 3.56. The highest BCUT2D eigenvalue weighted by Gasteiger charge is 2.16. The Bertz CT molecular complexity index is 448. The minimum atomic E-state index is -0.140. The molecule has 2 N–H and O–H groups in total. The molecule has 0 spiro atoms. The van der Waals surface area contributed by atoms with E-state index in [4.69, 9.17) is 5.73 Å². The summed E-state index contributed by atoms with van der Waals surface area (Å²) in [5, 5.41) is 7.82. The fraction of sp³-hybridized carbons (Fsp3) is 0.300. The van der Waals surface area contributed by atoms with Gasteiger partial charge in [-0.2, -0.15) is 0 Å². The fourth-order valence-electron chi connectivity index (χ4n) is 1.60. The molecule has 16 heavy (non-hydrogen) atoms. The summed E-state index contributed by atoms with van der Waals surface area (Å²) in [6.07, 6.45) is 4.28. The third-order valence-corrected chi connectivity index (χ3v) is 2.92. The molecule has 1 atom stereocenters. The summed E-state index contributed by atoms with van der Waals surface area (Å²) in [7, 11) is 1.83. The van der Waals surface area contributed by atoms with Gasteiger partial charge in [0.1, 0.15) is 0 Å². The van der Waals surface area contributed by atoms with Crippen LogP contribution in [0.3, 0.4) is 0 Å². The van der Waals surface area contributed by atoms with Crippen molar-refractivity contribution in [3.63, 3.8) is 0 Å². The van der Waals surface area contributed by atoms with Gasteiger partial charge in [-0.05, 0) is 34.0 Å². The van der Waals surface area contributed by atoms with Gasteiger partial charge < -0.3 is 5.73 Å². The van der Waals surface area contributed by atoms with Crippen LogP contribution < -0.4 is 5.73 Å². The molecule has 84 valence electrons. The van der Waals surface area contributed by atoms with E-state index in [1.54, 1.807) is 10.9 Å². The van der Waals surface area contributed by atoms with Crippen LogP contribution in [0.1, 0.15) is 17.3 Å². The highest BCUT2D eigenvalue weighted by molar-refractivity contribution is 9.10. The molecule has 0 aliphatic heterocycles. The SMILES string of the molecule is Cn1nnc(Br)c1C(N)Cc1cccnc1. The summed E-state index contributed by atoms with van der Waals surface area (Å²) in [4.78, 5) is 4.06. The molecule has 1 unspecified atom stereocenters. The molecule has 0 saturated carbocycles. The summed E-state index contributed by atoms with van der Waals surface area (Å²) in [5.41, 5.74) is 8.11. The first-order valence-corrected chi connectivity index (χ1v) is 5.67. The molecular formula is C10H12BrN5. The number of aromatic nitrogens is 4. The summed E-state index contributed by atoms with van der Waals surface area (Å²) in [6, 6.07) is 3.77. The zero-order valence-electron chi connectivity index (χ0n) is 8.84. The predicted molar refractivity (Wildman–Crippen MR) is 63.6 cm³/mol. The fourth-order valence-corrected chi connectivity index (χ4v) is 2.22. The van der Waals surface area contributed by atoms with E-state index in [2.05, 4.69) is 31.2 Å². The lowest BCUT2D eigenvalue weighted by Gasteiger charge is -2.11. The normalized spacial score (nSPS) is 12.7. The van der Waals surface area contributed by atoms with Crippen molar-refractivity contribution >= 4 is 15.9 Å². The Kier molecular flexibility index (Phi) is 3.31. The van der Waals surface area contributed by atoms with E-state index in [1.807, 2.05) is 25.4 Å². The van der Waals surface area contributed by atoms with Gasteiger partial charge in [0.05, 0.1) is 11.7 Å². The molecule has 0 aromatic carbocycles.